The number of amides is 2. The van der Waals surface area contributed by atoms with Crippen LogP contribution in [0.4, 0.5) is 0 Å². The first kappa shape index (κ1) is 22.8. The topological polar surface area (TPSA) is 103 Å². The molecule has 7 nitrogen and oxygen atoms in total. The Morgan fingerprint density at radius 1 is 0.971 bits per heavy atom. The van der Waals surface area contributed by atoms with E-state index >= 15 is 0 Å². The molecular formula is C28H26N2O5. The molecule has 2 atom stereocenters. The molecule has 4 aromatic rings. The largest absolute Gasteiger partial charge is 0.456 e. The third-order valence-electron chi connectivity index (χ3n) is 6.53. The number of benzene rings is 3. The Hall–Kier alpha value is -3.94. The van der Waals surface area contributed by atoms with Crippen LogP contribution in [0.3, 0.4) is 0 Å². The smallest absolute Gasteiger partial charge is 0.243 e. The number of nitrogens with zero attached hydrogens (tertiary/aromatic N) is 1. The standard InChI is InChI=1S/C28H26N2O5/c31-23-15-20-5-1-3-7-22(20)28(23)30(27(33)14-13-26(32)29-34)17-18-9-11-19(12-10-18)25-16-21-6-2-4-8-24(21)35-25/h1-12,16,23,28,31,34H,13-15,17H2,(H,29,32)/t23-,28+/m1/s1. The highest BCUT2D eigenvalue weighted by Crippen LogP contribution is 2.37. The van der Waals surface area contributed by atoms with E-state index < -0.39 is 18.1 Å². The van der Waals surface area contributed by atoms with E-state index in [4.69, 9.17) is 9.62 Å². The quantitative estimate of drug-likeness (QED) is 0.275. The Labute approximate surface area is 202 Å². The highest BCUT2D eigenvalue weighted by molar-refractivity contribution is 5.84. The van der Waals surface area contributed by atoms with Gasteiger partial charge in [-0.25, -0.2) is 5.48 Å². The fourth-order valence-electron chi connectivity index (χ4n) is 4.79. The van der Waals surface area contributed by atoms with Crippen LogP contribution in [-0.4, -0.2) is 33.1 Å². The molecule has 0 fully saturated rings. The molecule has 2 amide bonds. The maximum Gasteiger partial charge on any atom is 0.243 e. The minimum atomic E-state index is -0.738. The normalized spacial score (nSPS) is 16.7. The molecule has 0 saturated heterocycles. The molecule has 35 heavy (non-hydrogen) atoms. The highest BCUT2D eigenvalue weighted by Gasteiger charge is 2.37. The molecule has 3 aromatic carbocycles. The summed E-state index contributed by atoms with van der Waals surface area (Å²) in [5.74, 6) is -0.127. The zero-order valence-electron chi connectivity index (χ0n) is 19.1. The van der Waals surface area contributed by atoms with Crippen molar-refractivity contribution in [2.75, 3.05) is 0 Å². The fourth-order valence-corrected chi connectivity index (χ4v) is 4.79. The summed E-state index contributed by atoms with van der Waals surface area (Å²) in [7, 11) is 0. The minimum absolute atomic E-state index is 0.0746. The monoisotopic (exact) mass is 470 g/mol. The summed E-state index contributed by atoms with van der Waals surface area (Å²) in [4.78, 5) is 26.4. The van der Waals surface area contributed by atoms with Gasteiger partial charge in [-0.3, -0.25) is 14.8 Å². The fraction of sp³-hybridized carbons (Fsp3) is 0.214. The van der Waals surface area contributed by atoms with E-state index in [1.807, 2.05) is 78.9 Å². The second kappa shape index (κ2) is 9.74. The van der Waals surface area contributed by atoms with Gasteiger partial charge in [0.05, 0.1) is 12.1 Å². The van der Waals surface area contributed by atoms with Gasteiger partial charge < -0.3 is 14.4 Å². The molecule has 0 unspecified atom stereocenters. The highest BCUT2D eigenvalue weighted by atomic mass is 16.5. The van der Waals surface area contributed by atoms with Crippen LogP contribution in [0.15, 0.2) is 83.3 Å². The molecule has 0 radical (unpaired) electrons. The van der Waals surface area contributed by atoms with Crippen molar-refractivity contribution in [3.63, 3.8) is 0 Å². The van der Waals surface area contributed by atoms with Crippen LogP contribution in [0.5, 0.6) is 0 Å². The molecule has 178 valence electrons. The van der Waals surface area contributed by atoms with Crippen molar-refractivity contribution < 1.29 is 24.3 Å². The summed E-state index contributed by atoms with van der Waals surface area (Å²) >= 11 is 0. The Kier molecular flexibility index (Phi) is 6.35. The molecular weight excluding hydrogens is 444 g/mol. The molecule has 1 heterocycles. The molecule has 7 heteroatoms. The van der Waals surface area contributed by atoms with Crippen LogP contribution >= 0.6 is 0 Å². The van der Waals surface area contributed by atoms with E-state index in [0.29, 0.717) is 6.42 Å². The number of hydrogen-bond donors (Lipinski definition) is 3. The van der Waals surface area contributed by atoms with Crippen LogP contribution in [0.2, 0.25) is 0 Å². The van der Waals surface area contributed by atoms with Gasteiger partial charge in [-0.2, -0.15) is 0 Å². The number of hydrogen-bond acceptors (Lipinski definition) is 5. The van der Waals surface area contributed by atoms with Crippen LogP contribution in [0.25, 0.3) is 22.3 Å². The summed E-state index contributed by atoms with van der Waals surface area (Å²) in [6, 6.07) is 24.8. The van der Waals surface area contributed by atoms with E-state index in [2.05, 4.69) is 0 Å². The minimum Gasteiger partial charge on any atom is -0.456 e. The van der Waals surface area contributed by atoms with Crippen molar-refractivity contribution >= 4 is 22.8 Å². The summed E-state index contributed by atoms with van der Waals surface area (Å²) in [5, 5.41) is 20.7. The number of para-hydroxylation sites is 1. The number of aliphatic hydroxyl groups excluding tert-OH is 1. The van der Waals surface area contributed by atoms with Gasteiger partial charge >= 0.3 is 0 Å². The first-order chi connectivity index (χ1) is 17.0. The third-order valence-corrected chi connectivity index (χ3v) is 6.53. The van der Waals surface area contributed by atoms with Crippen molar-refractivity contribution in [1.82, 2.24) is 10.4 Å². The number of nitrogens with one attached hydrogen (secondary N) is 1. The Balaban J connectivity index is 1.41. The van der Waals surface area contributed by atoms with Crippen LogP contribution in [0.1, 0.15) is 35.6 Å². The number of rotatable bonds is 7. The molecule has 5 rings (SSSR count). The predicted molar refractivity (Wildman–Crippen MR) is 130 cm³/mol. The van der Waals surface area contributed by atoms with Crippen molar-refractivity contribution in [2.24, 2.45) is 0 Å². The number of furan rings is 1. The van der Waals surface area contributed by atoms with Crippen molar-refractivity contribution in [3.8, 4) is 11.3 Å². The second-order valence-electron chi connectivity index (χ2n) is 8.82. The Morgan fingerprint density at radius 2 is 1.71 bits per heavy atom. The molecule has 0 saturated carbocycles. The number of carbonyl (C=O) groups excluding carboxylic acids is 2. The Bertz CT molecular complexity index is 1330. The number of aliphatic hydroxyl groups is 1. The predicted octanol–water partition coefficient (Wildman–Crippen LogP) is 4.37. The lowest BCUT2D eigenvalue weighted by atomic mass is 10.0. The van der Waals surface area contributed by atoms with Crippen LogP contribution in [0, 0.1) is 0 Å². The lowest BCUT2D eigenvalue weighted by Gasteiger charge is -2.32. The average molecular weight is 471 g/mol. The molecule has 3 N–H and O–H groups in total. The van der Waals surface area contributed by atoms with Gasteiger partial charge in [0, 0.05) is 36.8 Å². The average Bonchev–Trinajstić information content (AvgIpc) is 3.46. The maximum absolute atomic E-state index is 13.2. The second-order valence-corrected chi connectivity index (χ2v) is 8.82. The van der Waals surface area contributed by atoms with Crippen molar-refractivity contribution in [2.45, 2.75) is 38.0 Å². The molecule has 0 spiro atoms. The van der Waals surface area contributed by atoms with E-state index in [1.165, 1.54) is 0 Å². The SMILES string of the molecule is O=C(CCC(=O)N(Cc1ccc(-c2cc3ccccc3o2)cc1)[C@H]1c2ccccc2C[C@H]1O)NO. The van der Waals surface area contributed by atoms with Crippen LogP contribution < -0.4 is 5.48 Å². The van der Waals surface area contributed by atoms with Gasteiger partial charge in [0.2, 0.25) is 11.8 Å². The lowest BCUT2D eigenvalue weighted by molar-refractivity contribution is -0.140. The molecule has 1 aliphatic rings. The van der Waals surface area contributed by atoms with E-state index in [1.54, 1.807) is 10.4 Å². The number of hydroxylamine groups is 1. The van der Waals surface area contributed by atoms with E-state index in [9.17, 15) is 14.7 Å². The summed E-state index contributed by atoms with van der Waals surface area (Å²) in [6.07, 6.45) is -0.485. The Morgan fingerprint density at radius 3 is 2.49 bits per heavy atom. The first-order valence-corrected chi connectivity index (χ1v) is 11.6. The molecule has 0 aliphatic heterocycles. The molecule has 1 aliphatic carbocycles. The maximum atomic E-state index is 13.2. The zero-order valence-corrected chi connectivity index (χ0v) is 19.1. The van der Waals surface area contributed by atoms with Gasteiger partial charge in [0.15, 0.2) is 0 Å². The third kappa shape index (κ3) is 4.69. The molecule has 1 aromatic heterocycles. The van der Waals surface area contributed by atoms with Gasteiger partial charge in [-0.1, -0.05) is 66.7 Å². The summed E-state index contributed by atoms with van der Waals surface area (Å²) in [5.41, 5.74) is 6.13. The van der Waals surface area contributed by atoms with Crippen molar-refractivity contribution in [1.29, 1.82) is 0 Å². The molecule has 0 bridgehead atoms. The number of carbonyl (C=O) groups is 2. The van der Waals surface area contributed by atoms with Gasteiger partial charge in [-0.15, -0.1) is 0 Å². The van der Waals surface area contributed by atoms with Crippen molar-refractivity contribution in [3.05, 3.63) is 95.6 Å². The lowest BCUT2D eigenvalue weighted by Crippen LogP contribution is -2.39. The number of fused-ring (bicyclic) bond motifs is 2. The van der Waals surface area contributed by atoms with Gasteiger partial charge in [0.1, 0.15) is 11.3 Å². The van der Waals surface area contributed by atoms with Gasteiger partial charge in [0.25, 0.3) is 0 Å². The van der Waals surface area contributed by atoms with Crippen LogP contribution in [-0.2, 0) is 22.6 Å². The first-order valence-electron chi connectivity index (χ1n) is 11.6. The van der Waals surface area contributed by atoms with Gasteiger partial charge in [-0.05, 0) is 28.8 Å². The summed E-state index contributed by atoms with van der Waals surface area (Å²) in [6.45, 7) is 0.274. The van der Waals surface area contributed by atoms with E-state index in [-0.39, 0.29) is 25.3 Å². The summed E-state index contributed by atoms with van der Waals surface area (Å²) < 4.78 is 5.96. The van der Waals surface area contributed by atoms with E-state index in [0.717, 1.165) is 39.0 Å². The zero-order chi connectivity index (χ0) is 24.4.